The Bertz CT molecular complexity index is 478. The smallest absolute Gasteiger partial charge is 0.251 e. The molecule has 1 aromatic rings. The van der Waals surface area contributed by atoms with Crippen molar-refractivity contribution in [3.63, 3.8) is 0 Å². The maximum Gasteiger partial charge on any atom is 0.251 e. The van der Waals surface area contributed by atoms with Crippen molar-refractivity contribution < 1.29 is 4.79 Å². The predicted octanol–water partition coefficient (Wildman–Crippen LogP) is 2.89. The highest BCUT2D eigenvalue weighted by Crippen LogP contribution is 2.29. The number of anilines is 1. The van der Waals surface area contributed by atoms with Crippen LogP contribution in [0.4, 0.5) is 5.69 Å². The summed E-state index contributed by atoms with van der Waals surface area (Å²) in [5.74, 6) is -0.206. The summed E-state index contributed by atoms with van der Waals surface area (Å²) in [7, 11) is 4.01. The van der Waals surface area contributed by atoms with E-state index in [1.807, 2.05) is 14.1 Å². The number of nitrogen functional groups attached to an aromatic ring is 1. The molecule has 1 rings (SSSR count). The van der Waals surface area contributed by atoms with Crippen LogP contribution in [0, 0.1) is 5.41 Å². The number of amides is 1. The molecular weight excluding hydrogens is 297 g/mol. The second-order valence-electron chi connectivity index (χ2n) is 5.95. The largest absolute Gasteiger partial charge is 0.397 e. The van der Waals surface area contributed by atoms with Gasteiger partial charge in [-0.1, -0.05) is 37.0 Å². The molecule has 0 heterocycles. The Labute approximate surface area is 130 Å². The zero-order chi connectivity index (χ0) is 15.5. The molecule has 20 heavy (non-hydrogen) atoms. The van der Waals surface area contributed by atoms with Gasteiger partial charge in [0.1, 0.15) is 0 Å². The molecule has 0 aliphatic heterocycles. The minimum absolute atomic E-state index is 0.0269. The summed E-state index contributed by atoms with van der Waals surface area (Å²) in [5.41, 5.74) is 6.39. The summed E-state index contributed by atoms with van der Waals surface area (Å²) in [4.78, 5) is 14.2. The van der Waals surface area contributed by atoms with Gasteiger partial charge >= 0.3 is 0 Å². The standard InChI is InChI=1S/C14H21Cl2N3O/c1-14(2,8-19(3)4)7-18-13(20)9-5-10(15)12(16)11(17)6-9/h5-6H,7-8,17H2,1-4H3,(H,18,20). The van der Waals surface area contributed by atoms with Crippen LogP contribution in [0.1, 0.15) is 24.2 Å². The van der Waals surface area contributed by atoms with E-state index >= 15 is 0 Å². The molecule has 0 aromatic heterocycles. The van der Waals surface area contributed by atoms with Crippen molar-refractivity contribution >= 4 is 34.8 Å². The fourth-order valence-electron chi connectivity index (χ4n) is 2.08. The number of rotatable bonds is 5. The van der Waals surface area contributed by atoms with Crippen molar-refractivity contribution in [2.24, 2.45) is 5.41 Å². The Balaban J connectivity index is 2.73. The second kappa shape index (κ2) is 6.66. The van der Waals surface area contributed by atoms with Crippen molar-refractivity contribution in [2.45, 2.75) is 13.8 Å². The fraction of sp³-hybridized carbons (Fsp3) is 0.500. The van der Waals surface area contributed by atoms with Gasteiger partial charge in [0, 0.05) is 18.7 Å². The first-order valence-electron chi connectivity index (χ1n) is 6.30. The molecule has 112 valence electrons. The van der Waals surface area contributed by atoms with Gasteiger partial charge in [-0.05, 0) is 31.6 Å². The van der Waals surface area contributed by atoms with E-state index in [1.165, 1.54) is 12.1 Å². The Morgan fingerprint density at radius 1 is 1.35 bits per heavy atom. The van der Waals surface area contributed by atoms with Gasteiger partial charge < -0.3 is 16.0 Å². The number of nitrogens with one attached hydrogen (secondary N) is 1. The molecule has 4 nitrogen and oxygen atoms in total. The highest BCUT2D eigenvalue weighted by atomic mass is 35.5. The SMILES string of the molecule is CN(C)CC(C)(C)CNC(=O)c1cc(N)c(Cl)c(Cl)c1. The lowest BCUT2D eigenvalue weighted by atomic mass is 9.93. The van der Waals surface area contributed by atoms with Crippen LogP contribution in [0.25, 0.3) is 0 Å². The maximum absolute atomic E-state index is 12.1. The summed E-state index contributed by atoms with van der Waals surface area (Å²) >= 11 is 11.8. The molecule has 0 atom stereocenters. The van der Waals surface area contributed by atoms with Crippen LogP contribution in [-0.4, -0.2) is 38.0 Å². The molecule has 0 aliphatic carbocycles. The van der Waals surface area contributed by atoms with Crippen molar-refractivity contribution in [1.29, 1.82) is 0 Å². The van der Waals surface area contributed by atoms with E-state index in [0.29, 0.717) is 17.8 Å². The molecular formula is C14H21Cl2N3O. The molecule has 1 aromatic carbocycles. The van der Waals surface area contributed by atoms with Crippen LogP contribution in [0.15, 0.2) is 12.1 Å². The van der Waals surface area contributed by atoms with Gasteiger partial charge in [0.15, 0.2) is 0 Å². The third kappa shape index (κ3) is 4.85. The first-order valence-corrected chi connectivity index (χ1v) is 7.05. The van der Waals surface area contributed by atoms with Crippen molar-refractivity contribution in [1.82, 2.24) is 10.2 Å². The van der Waals surface area contributed by atoms with E-state index in [-0.39, 0.29) is 21.4 Å². The molecule has 0 fully saturated rings. The molecule has 0 saturated heterocycles. The minimum Gasteiger partial charge on any atom is -0.397 e. The molecule has 1 amide bonds. The number of nitrogens with two attached hydrogens (primary N) is 1. The average molecular weight is 318 g/mol. The van der Waals surface area contributed by atoms with Crippen molar-refractivity contribution in [3.8, 4) is 0 Å². The average Bonchev–Trinajstić information content (AvgIpc) is 2.31. The third-order valence-corrected chi connectivity index (χ3v) is 3.61. The summed E-state index contributed by atoms with van der Waals surface area (Å²) in [6.45, 7) is 5.62. The lowest BCUT2D eigenvalue weighted by Gasteiger charge is -2.28. The van der Waals surface area contributed by atoms with Gasteiger partial charge in [-0.25, -0.2) is 0 Å². The lowest BCUT2D eigenvalue weighted by molar-refractivity contribution is 0.0929. The van der Waals surface area contributed by atoms with Gasteiger partial charge in [-0.3, -0.25) is 4.79 Å². The minimum atomic E-state index is -0.206. The Hall–Kier alpha value is -0.970. The second-order valence-corrected chi connectivity index (χ2v) is 6.73. The van der Waals surface area contributed by atoms with Crippen LogP contribution in [0.2, 0.25) is 10.0 Å². The normalized spacial score (nSPS) is 11.8. The molecule has 6 heteroatoms. The van der Waals surface area contributed by atoms with Crippen LogP contribution in [0.5, 0.6) is 0 Å². The number of hydrogen-bond donors (Lipinski definition) is 2. The van der Waals surface area contributed by atoms with E-state index in [9.17, 15) is 4.79 Å². The molecule has 0 saturated carbocycles. The van der Waals surface area contributed by atoms with E-state index in [0.717, 1.165) is 6.54 Å². The third-order valence-electron chi connectivity index (χ3n) is 2.79. The number of nitrogens with zero attached hydrogens (tertiary/aromatic N) is 1. The first-order chi connectivity index (χ1) is 9.12. The number of carbonyl (C=O) groups excluding carboxylic acids is 1. The number of carbonyl (C=O) groups is 1. The van der Waals surface area contributed by atoms with Crippen LogP contribution in [0.3, 0.4) is 0 Å². The van der Waals surface area contributed by atoms with Gasteiger partial charge in [-0.2, -0.15) is 0 Å². The Morgan fingerprint density at radius 2 is 1.95 bits per heavy atom. The van der Waals surface area contributed by atoms with Gasteiger partial charge in [0.05, 0.1) is 15.7 Å². The lowest BCUT2D eigenvalue weighted by Crippen LogP contribution is -2.40. The topological polar surface area (TPSA) is 58.4 Å². The zero-order valence-corrected chi connectivity index (χ0v) is 13.8. The van der Waals surface area contributed by atoms with Crippen LogP contribution in [-0.2, 0) is 0 Å². The summed E-state index contributed by atoms with van der Waals surface area (Å²) in [6.07, 6.45) is 0. The van der Waals surface area contributed by atoms with Crippen LogP contribution < -0.4 is 11.1 Å². The maximum atomic E-state index is 12.1. The molecule has 0 radical (unpaired) electrons. The molecule has 3 N–H and O–H groups in total. The molecule has 0 unspecified atom stereocenters. The van der Waals surface area contributed by atoms with Gasteiger partial charge in [0.25, 0.3) is 5.91 Å². The highest BCUT2D eigenvalue weighted by molar-refractivity contribution is 6.43. The molecule has 0 spiro atoms. The monoisotopic (exact) mass is 317 g/mol. The number of hydrogen-bond acceptors (Lipinski definition) is 3. The highest BCUT2D eigenvalue weighted by Gasteiger charge is 2.20. The number of halogens is 2. The predicted molar refractivity (Wildman–Crippen MR) is 85.5 cm³/mol. The van der Waals surface area contributed by atoms with Crippen molar-refractivity contribution in [3.05, 3.63) is 27.7 Å². The summed E-state index contributed by atoms with van der Waals surface area (Å²) in [6, 6.07) is 3.05. The van der Waals surface area contributed by atoms with Crippen LogP contribution >= 0.6 is 23.2 Å². The van der Waals surface area contributed by atoms with E-state index < -0.39 is 0 Å². The first kappa shape index (κ1) is 17.1. The zero-order valence-electron chi connectivity index (χ0n) is 12.3. The van der Waals surface area contributed by atoms with Crippen molar-refractivity contribution in [2.75, 3.05) is 32.9 Å². The molecule has 0 bridgehead atoms. The summed E-state index contributed by atoms with van der Waals surface area (Å²) < 4.78 is 0. The summed E-state index contributed by atoms with van der Waals surface area (Å²) in [5, 5.41) is 3.45. The molecule has 0 aliphatic rings. The number of benzene rings is 1. The van der Waals surface area contributed by atoms with Gasteiger partial charge in [0.2, 0.25) is 0 Å². The van der Waals surface area contributed by atoms with E-state index in [1.54, 1.807) is 0 Å². The van der Waals surface area contributed by atoms with E-state index in [2.05, 4.69) is 24.1 Å². The fourth-order valence-corrected chi connectivity index (χ4v) is 2.41. The Morgan fingerprint density at radius 3 is 2.45 bits per heavy atom. The quantitative estimate of drug-likeness (QED) is 0.821. The van der Waals surface area contributed by atoms with E-state index in [4.69, 9.17) is 28.9 Å². The van der Waals surface area contributed by atoms with Gasteiger partial charge in [-0.15, -0.1) is 0 Å². The Kier molecular flexibility index (Phi) is 5.68.